The van der Waals surface area contributed by atoms with E-state index in [4.69, 9.17) is 18.9 Å². The molecule has 6 atom stereocenters. The summed E-state index contributed by atoms with van der Waals surface area (Å²) in [5, 5.41) is 30.7. The fraction of sp³-hybridized carbons (Fsp3) is 0.685. The summed E-state index contributed by atoms with van der Waals surface area (Å²) >= 11 is 0. The highest BCUT2D eigenvalue weighted by atomic mass is 32.3. The highest BCUT2D eigenvalue weighted by molar-refractivity contribution is 7.80. The first-order valence-electron chi connectivity index (χ1n) is 25.5. The van der Waals surface area contributed by atoms with Gasteiger partial charge in [-0.1, -0.05) is 175 Å². The third-order valence-electron chi connectivity index (χ3n) is 10.9. The monoisotopic (exact) mass is 963 g/mol. The van der Waals surface area contributed by atoms with Crippen molar-refractivity contribution in [3.63, 3.8) is 0 Å². The molecule has 0 bridgehead atoms. The van der Waals surface area contributed by atoms with E-state index in [9.17, 15) is 33.1 Å². The second-order valence-corrected chi connectivity index (χ2v) is 18.1. The Morgan fingerprint density at radius 1 is 0.582 bits per heavy atom. The van der Waals surface area contributed by atoms with Crippen LogP contribution in [0, 0.1) is 0 Å². The molecule has 6 unspecified atom stereocenters. The van der Waals surface area contributed by atoms with E-state index in [0.29, 0.717) is 13.0 Å². The minimum Gasteiger partial charge on any atom is -0.457 e. The predicted octanol–water partition coefficient (Wildman–Crippen LogP) is 11.8. The number of rotatable bonds is 43. The molecule has 12 nitrogen and oxygen atoms in total. The standard InChI is InChI=1S/C54H90O12S/c1-3-5-7-9-11-13-15-17-19-20-21-22-23-24-25-26-27-28-29-30-32-34-36-38-40-42-44-62-46-48(47-63-54-52(58)53(66-67(59,60)61)51(57)49(45-55)65-54)64-50(56)43-41-39-37-35-33-31-18-16-14-12-10-8-6-4-2/h5,7,10-13,16-19,21-22,24-25,27-28,48-49,51-55,57-58H,3-4,6,8-9,14-15,20,23,26,29-47H2,1-2H3,(H,59,60,61)/b7-5-,12-10-,13-11-,18-16-,19-17-,22-21-,25-24-,28-27-. The van der Waals surface area contributed by atoms with Gasteiger partial charge in [0.25, 0.3) is 0 Å². The SMILES string of the molecule is CC/C=C\C/C=C\C/C=C\C/C=C\C/C=C\C/C=C\CCCCCCCCCOCC(COC1OC(CO)C(O)C(OS(=O)(=O)O)C1O)OC(=O)CCCCCCC/C=C\C/C=C\CCCC. The van der Waals surface area contributed by atoms with Crippen molar-refractivity contribution in [2.45, 2.75) is 211 Å². The van der Waals surface area contributed by atoms with Crippen LogP contribution in [0.1, 0.15) is 174 Å². The molecule has 1 rings (SSSR count). The molecule has 0 spiro atoms. The molecule has 0 amide bonds. The number of allylic oxidation sites excluding steroid dienone is 16. The number of esters is 1. The fourth-order valence-corrected chi connectivity index (χ4v) is 7.61. The summed E-state index contributed by atoms with van der Waals surface area (Å²) in [6, 6.07) is 0. The lowest BCUT2D eigenvalue weighted by Gasteiger charge is -2.41. The van der Waals surface area contributed by atoms with Gasteiger partial charge in [-0.15, -0.1) is 0 Å². The van der Waals surface area contributed by atoms with Crippen LogP contribution >= 0.6 is 0 Å². The molecule has 0 saturated carbocycles. The van der Waals surface area contributed by atoms with Crippen molar-refractivity contribution in [3.05, 3.63) is 97.2 Å². The van der Waals surface area contributed by atoms with Crippen molar-refractivity contribution in [1.82, 2.24) is 0 Å². The Kier molecular flexibility index (Phi) is 41.0. The Balaban J connectivity index is 2.36. The van der Waals surface area contributed by atoms with Gasteiger partial charge in [0.15, 0.2) is 6.29 Å². The van der Waals surface area contributed by atoms with Crippen molar-refractivity contribution < 1.29 is 56.2 Å². The highest BCUT2D eigenvalue weighted by Gasteiger charge is 2.48. The van der Waals surface area contributed by atoms with Gasteiger partial charge in [-0.05, 0) is 89.9 Å². The van der Waals surface area contributed by atoms with Gasteiger partial charge in [0, 0.05) is 13.0 Å². The van der Waals surface area contributed by atoms with Crippen LogP contribution in [-0.4, -0.2) is 97.5 Å². The third-order valence-corrected chi connectivity index (χ3v) is 11.4. The van der Waals surface area contributed by atoms with Crippen molar-refractivity contribution in [2.24, 2.45) is 0 Å². The molecule has 67 heavy (non-hydrogen) atoms. The number of carbonyl (C=O) groups is 1. The number of aliphatic hydroxyl groups excluding tert-OH is 3. The number of ether oxygens (including phenoxy) is 4. The molecule has 4 N–H and O–H groups in total. The van der Waals surface area contributed by atoms with E-state index in [1.54, 1.807) is 0 Å². The maximum atomic E-state index is 12.9. The second-order valence-electron chi connectivity index (χ2n) is 17.0. The second kappa shape index (κ2) is 44.2. The van der Waals surface area contributed by atoms with E-state index in [2.05, 4.69) is 115 Å². The number of carbonyl (C=O) groups excluding carboxylic acids is 1. The summed E-state index contributed by atoms with van der Waals surface area (Å²) in [6.07, 6.45) is 51.5. The number of hydrogen-bond acceptors (Lipinski definition) is 11. The van der Waals surface area contributed by atoms with Gasteiger partial charge in [0.2, 0.25) is 0 Å². The van der Waals surface area contributed by atoms with Gasteiger partial charge < -0.3 is 34.3 Å². The molecule has 1 heterocycles. The molecule has 1 fully saturated rings. The van der Waals surface area contributed by atoms with E-state index in [0.717, 1.165) is 116 Å². The molecule has 0 aromatic heterocycles. The molecule has 1 saturated heterocycles. The predicted molar refractivity (Wildman–Crippen MR) is 271 cm³/mol. The molecular weight excluding hydrogens is 873 g/mol. The van der Waals surface area contributed by atoms with Gasteiger partial charge in [-0.25, -0.2) is 4.18 Å². The summed E-state index contributed by atoms with van der Waals surface area (Å²) in [5.74, 6) is -0.422. The topological polar surface area (TPSA) is 178 Å². The first kappa shape index (κ1) is 62.0. The Bertz CT molecular complexity index is 1530. The van der Waals surface area contributed by atoms with E-state index in [1.807, 2.05) is 0 Å². The smallest absolute Gasteiger partial charge is 0.397 e. The largest absolute Gasteiger partial charge is 0.457 e. The molecular formula is C54H90O12S. The summed E-state index contributed by atoms with van der Waals surface area (Å²) < 4.78 is 59.2. The first-order valence-corrected chi connectivity index (χ1v) is 26.9. The number of hydrogen-bond donors (Lipinski definition) is 4. The Morgan fingerprint density at radius 3 is 1.51 bits per heavy atom. The van der Waals surface area contributed by atoms with Crippen LogP contribution in [0.5, 0.6) is 0 Å². The zero-order valence-corrected chi connectivity index (χ0v) is 42.0. The van der Waals surface area contributed by atoms with Crippen LogP contribution in [0.4, 0.5) is 0 Å². The van der Waals surface area contributed by atoms with Crippen LogP contribution in [0.2, 0.25) is 0 Å². The average Bonchev–Trinajstić information content (AvgIpc) is 3.30. The average molecular weight is 963 g/mol. The third kappa shape index (κ3) is 37.6. The summed E-state index contributed by atoms with van der Waals surface area (Å²) in [4.78, 5) is 12.9. The van der Waals surface area contributed by atoms with Crippen molar-refractivity contribution in [1.29, 1.82) is 0 Å². The first-order chi connectivity index (χ1) is 32.6. The minimum absolute atomic E-state index is 0.0161. The number of unbranched alkanes of at least 4 members (excludes halogenated alkanes) is 14. The van der Waals surface area contributed by atoms with Crippen LogP contribution in [0.15, 0.2) is 97.2 Å². The van der Waals surface area contributed by atoms with Crippen LogP contribution in [0.25, 0.3) is 0 Å². The minimum atomic E-state index is -5.07. The molecule has 13 heteroatoms. The van der Waals surface area contributed by atoms with E-state index < -0.39 is 59.8 Å². The van der Waals surface area contributed by atoms with E-state index >= 15 is 0 Å². The van der Waals surface area contributed by atoms with Crippen molar-refractivity contribution in [3.8, 4) is 0 Å². The molecule has 1 aliphatic rings. The molecule has 0 aliphatic carbocycles. The molecule has 1 aliphatic heterocycles. The maximum Gasteiger partial charge on any atom is 0.397 e. The van der Waals surface area contributed by atoms with Gasteiger partial charge in [-0.3, -0.25) is 9.35 Å². The van der Waals surface area contributed by atoms with E-state index in [-0.39, 0.29) is 19.6 Å². The number of aliphatic hydroxyl groups is 3. The Hall–Kier alpha value is -2.98. The van der Waals surface area contributed by atoms with Gasteiger partial charge in [0.05, 0.1) is 19.8 Å². The molecule has 0 radical (unpaired) electrons. The van der Waals surface area contributed by atoms with Crippen LogP contribution in [-0.2, 0) is 38.3 Å². The Morgan fingerprint density at radius 2 is 1.03 bits per heavy atom. The summed E-state index contributed by atoms with van der Waals surface area (Å²) in [6.45, 7) is 3.77. The summed E-state index contributed by atoms with van der Waals surface area (Å²) in [5.41, 5.74) is 0. The van der Waals surface area contributed by atoms with Gasteiger partial charge in [-0.2, -0.15) is 8.42 Å². The van der Waals surface area contributed by atoms with Crippen LogP contribution in [0.3, 0.4) is 0 Å². The zero-order chi connectivity index (χ0) is 48.9. The van der Waals surface area contributed by atoms with Crippen molar-refractivity contribution in [2.75, 3.05) is 26.4 Å². The zero-order valence-electron chi connectivity index (χ0n) is 41.2. The molecule has 384 valence electrons. The fourth-order valence-electron chi connectivity index (χ4n) is 7.10. The van der Waals surface area contributed by atoms with E-state index in [1.165, 1.54) is 32.1 Å². The van der Waals surface area contributed by atoms with Gasteiger partial charge in [0.1, 0.15) is 30.5 Å². The lowest BCUT2D eigenvalue weighted by molar-refractivity contribution is -0.301. The van der Waals surface area contributed by atoms with Crippen molar-refractivity contribution >= 4 is 16.4 Å². The lowest BCUT2D eigenvalue weighted by atomic mass is 9.99. The van der Waals surface area contributed by atoms with Crippen LogP contribution < -0.4 is 0 Å². The summed E-state index contributed by atoms with van der Waals surface area (Å²) in [7, 11) is -5.07. The highest BCUT2D eigenvalue weighted by Crippen LogP contribution is 2.26. The Labute approximate surface area is 406 Å². The molecule has 0 aromatic carbocycles. The van der Waals surface area contributed by atoms with Gasteiger partial charge >= 0.3 is 16.4 Å². The lowest BCUT2D eigenvalue weighted by Crippen LogP contribution is -2.60. The molecule has 0 aromatic rings. The quantitative estimate of drug-likeness (QED) is 0.0197. The maximum absolute atomic E-state index is 12.9. The normalized spacial score (nSPS) is 20.2.